The number of hydrogen-bond acceptors (Lipinski definition) is 4. The number of benzene rings is 2. The Morgan fingerprint density at radius 1 is 1.17 bits per heavy atom. The Labute approximate surface area is 148 Å². The summed E-state index contributed by atoms with van der Waals surface area (Å²) in [7, 11) is -2.34. The molecule has 0 fully saturated rings. The van der Waals surface area contributed by atoms with Crippen LogP contribution in [0.4, 0.5) is 0 Å². The molecule has 1 N–H and O–H groups in total. The molecule has 1 heterocycles. The molecule has 1 aromatic heterocycles. The summed E-state index contributed by atoms with van der Waals surface area (Å²) in [6, 6.07) is 13.7. The standard InChI is InChI=1S/C17H16BrNO4S/c1-11(16-9-12-5-3-4-6-14(12)23-16)19-24(20,21)17-10-13(18)7-8-15(17)22-2/h3-11,19H,1-2H3/t11-/m1/s1. The number of fused-ring (bicyclic) bond motifs is 1. The quantitative estimate of drug-likeness (QED) is 0.683. The lowest BCUT2D eigenvalue weighted by atomic mass is 10.2. The lowest BCUT2D eigenvalue weighted by Gasteiger charge is -2.14. The van der Waals surface area contributed by atoms with Gasteiger partial charge in [0.25, 0.3) is 0 Å². The largest absolute Gasteiger partial charge is 0.495 e. The third-order valence-electron chi connectivity index (χ3n) is 3.62. The van der Waals surface area contributed by atoms with Crippen molar-refractivity contribution in [2.24, 2.45) is 0 Å². The minimum atomic E-state index is -3.78. The zero-order valence-electron chi connectivity index (χ0n) is 13.1. The molecule has 2 aromatic carbocycles. The molecule has 0 saturated heterocycles. The molecule has 5 nitrogen and oxygen atoms in total. The maximum atomic E-state index is 12.7. The number of nitrogens with one attached hydrogen (secondary N) is 1. The van der Waals surface area contributed by atoms with Crippen LogP contribution in [-0.4, -0.2) is 15.5 Å². The number of halogens is 1. The second kappa shape index (κ2) is 6.58. The number of rotatable bonds is 5. The summed E-state index contributed by atoms with van der Waals surface area (Å²) in [5.74, 6) is 0.830. The van der Waals surface area contributed by atoms with Crippen LogP contribution in [0, 0.1) is 0 Å². The van der Waals surface area contributed by atoms with Gasteiger partial charge in [0, 0.05) is 9.86 Å². The van der Waals surface area contributed by atoms with Crippen molar-refractivity contribution in [1.29, 1.82) is 0 Å². The molecule has 3 aromatic rings. The molecule has 0 aliphatic heterocycles. The lowest BCUT2D eigenvalue weighted by molar-refractivity contribution is 0.401. The molecule has 0 spiro atoms. The third kappa shape index (κ3) is 3.33. The second-order valence-electron chi connectivity index (χ2n) is 5.32. The molecule has 0 bridgehead atoms. The first kappa shape index (κ1) is 17.0. The predicted molar refractivity (Wildman–Crippen MR) is 95.6 cm³/mol. The summed E-state index contributed by atoms with van der Waals surface area (Å²) < 4.78 is 39.6. The van der Waals surface area contributed by atoms with Crippen molar-refractivity contribution in [3.05, 3.63) is 58.8 Å². The maximum absolute atomic E-state index is 12.7. The molecular weight excluding hydrogens is 394 g/mol. The van der Waals surface area contributed by atoms with Crippen molar-refractivity contribution < 1.29 is 17.6 Å². The van der Waals surface area contributed by atoms with Gasteiger partial charge in [0.2, 0.25) is 10.0 Å². The SMILES string of the molecule is COc1ccc(Br)cc1S(=O)(=O)N[C@H](C)c1cc2ccccc2o1. The van der Waals surface area contributed by atoms with Gasteiger partial charge in [-0.2, -0.15) is 0 Å². The third-order valence-corrected chi connectivity index (χ3v) is 5.67. The molecule has 0 radical (unpaired) electrons. The maximum Gasteiger partial charge on any atom is 0.244 e. The van der Waals surface area contributed by atoms with Crippen LogP contribution in [0.2, 0.25) is 0 Å². The highest BCUT2D eigenvalue weighted by Crippen LogP contribution is 2.29. The fourth-order valence-electron chi connectivity index (χ4n) is 2.43. The number of methoxy groups -OCH3 is 1. The zero-order valence-corrected chi connectivity index (χ0v) is 15.5. The summed E-state index contributed by atoms with van der Waals surface area (Å²) >= 11 is 3.29. The van der Waals surface area contributed by atoms with Gasteiger partial charge in [-0.1, -0.05) is 34.1 Å². The number of furan rings is 1. The molecular formula is C17H16BrNO4S. The number of hydrogen-bond donors (Lipinski definition) is 1. The summed E-state index contributed by atoms with van der Waals surface area (Å²) in [6.07, 6.45) is 0. The Morgan fingerprint density at radius 2 is 1.92 bits per heavy atom. The van der Waals surface area contributed by atoms with Gasteiger partial charge in [-0.3, -0.25) is 0 Å². The number of sulfonamides is 1. The highest BCUT2D eigenvalue weighted by molar-refractivity contribution is 9.10. The molecule has 0 unspecified atom stereocenters. The van der Waals surface area contributed by atoms with E-state index in [-0.39, 0.29) is 10.6 Å². The van der Waals surface area contributed by atoms with Crippen LogP contribution in [0.25, 0.3) is 11.0 Å². The Bertz CT molecular complexity index is 948. The molecule has 126 valence electrons. The summed E-state index contributed by atoms with van der Waals surface area (Å²) in [4.78, 5) is 0.0716. The first-order valence-corrected chi connectivity index (χ1v) is 9.52. The molecule has 0 amide bonds. The highest BCUT2D eigenvalue weighted by Gasteiger charge is 2.24. The molecule has 24 heavy (non-hydrogen) atoms. The van der Waals surface area contributed by atoms with Crippen LogP contribution in [0.1, 0.15) is 18.7 Å². The Balaban J connectivity index is 1.92. The predicted octanol–water partition coefficient (Wildman–Crippen LogP) is 4.24. The normalized spacial score (nSPS) is 13.1. The molecule has 0 saturated carbocycles. The van der Waals surface area contributed by atoms with Crippen LogP contribution in [0.5, 0.6) is 5.75 Å². The van der Waals surface area contributed by atoms with Crippen LogP contribution in [0.3, 0.4) is 0 Å². The van der Waals surface area contributed by atoms with Crippen LogP contribution >= 0.6 is 15.9 Å². The van der Waals surface area contributed by atoms with Gasteiger partial charge in [0.05, 0.1) is 13.2 Å². The van der Waals surface area contributed by atoms with Gasteiger partial charge in [0.15, 0.2) is 0 Å². The van der Waals surface area contributed by atoms with Crippen molar-refractivity contribution in [2.45, 2.75) is 17.9 Å². The lowest BCUT2D eigenvalue weighted by Crippen LogP contribution is -2.27. The van der Waals surface area contributed by atoms with E-state index in [0.717, 1.165) is 11.0 Å². The molecule has 0 aliphatic rings. The van der Waals surface area contributed by atoms with Crippen LogP contribution in [-0.2, 0) is 10.0 Å². The van der Waals surface area contributed by atoms with E-state index in [1.807, 2.05) is 30.3 Å². The summed E-state index contributed by atoms with van der Waals surface area (Å²) in [5, 5.41) is 0.929. The highest BCUT2D eigenvalue weighted by atomic mass is 79.9. The van der Waals surface area contributed by atoms with E-state index in [0.29, 0.717) is 10.2 Å². The molecule has 0 aliphatic carbocycles. The second-order valence-corrected chi connectivity index (χ2v) is 7.92. The fourth-order valence-corrected chi connectivity index (χ4v) is 4.35. The first-order valence-electron chi connectivity index (χ1n) is 7.25. The van der Waals surface area contributed by atoms with Crippen molar-refractivity contribution in [1.82, 2.24) is 4.72 Å². The Morgan fingerprint density at radius 3 is 2.62 bits per heavy atom. The Hall–Kier alpha value is -1.83. The minimum absolute atomic E-state index is 0.0716. The first-order chi connectivity index (χ1) is 11.4. The summed E-state index contributed by atoms with van der Waals surface area (Å²) in [6.45, 7) is 1.74. The van der Waals surface area contributed by atoms with E-state index in [9.17, 15) is 8.42 Å². The van der Waals surface area contributed by atoms with Crippen LogP contribution in [0.15, 0.2) is 62.3 Å². The van der Waals surface area contributed by atoms with E-state index in [2.05, 4.69) is 20.7 Å². The van der Waals surface area contributed by atoms with Crippen LogP contribution < -0.4 is 9.46 Å². The molecule has 1 atom stereocenters. The van der Waals surface area contributed by atoms with E-state index >= 15 is 0 Å². The van der Waals surface area contributed by atoms with Gasteiger partial charge in [0.1, 0.15) is 22.0 Å². The fraction of sp³-hybridized carbons (Fsp3) is 0.176. The smallest absolute Gasteiger partial charge is 0.244 e. The molecule has 7 heteroatoms. The van der Waals surface area contributed by atoms with Gasteiger partial charge in [-0.05, 0) is 37.3 Å². The van der Waals surface area contributed by atoms with Gasteiger partial charge in [-0.15, -0.1) is 0 Å². The minimum Gasteiger partial charge on any atom is -0.495 e. The van der Waals surface area contributed by atoms with E-state index in [1.165, 1.54) is 13.2 Å². The van der Waals surface area contributed by atoms with Crippen molar-refractivity contribution in [2.75, 3.05) is 7.11 Å². The average molecular weight is 410 g/mol. The van der Waals surface area contributed by atoms with Crippen molar-refractivity contribution in [3.8, 4) is 5.75 Å². The Kier molecular flexibility index (Phi) is 4.67. The van der Waals surface area contributed by atoms with Crippen molar-refractivity contribution in [3.63, 3.8) is 0 Å². The average Bonchev–Trinajstić information content (AvgIpc) is 2.98. The zero-order chi connectivity index (χ0) is 17.3. The van der Waals surface area contributed by atoms with Crippen molar-refractivity contribution >= 4 is 36.9 Å². The number of ether oxygens (including phenoxy) is 1. The molecule has 3 rings (SSSR count). The van der Waals surface area contributed by atoms with Gasteiger partial charge >= 0.3 is 0 Å². The van der Waals surface area contributed by atoms with E-state index in [4.69, 9.17) is 9.15 Å². The monoisotopic (exact) mass is 409 g/mol. The van der Waals surface area contributed by atoms with E-state index < -0.39 is 16.1 Å². The van der Waals surface area contributed by atoms with Gasteiger partial charge in [-0.25, -0.2) is 13.1 Å². The van der Waals surface area contributed by atoms with Gasteiger partial charge < -0.3 is 9.15 Å². The van der Waals surface area contributed by atoms with E-state index in [1.54, 1.807) is 19.1 Å². The summed E-state index contributed by atoms with van der Waals surface area (Å²) in [5.41, 5.74) is 0.721. The topological polar surface area (TPSA) is 68.5 Å². The number of para-hydroxylation sites is 1.